The molecule has 4 rings (SSSR count). The minimum Gasteiger partial charge on any atom is -0.382 e. The maximum Gasteiger partial charge on any atom is 0.0700 e. The maximum atomic E-state index is 6.47. The highest BCUT2D eigenvalue weighted by Crippen LogP contribution is 2.36. The van der Waals surface area contributed by atoms with Crippen LogP contribution in [-0.2, 0) is 16.0 Å². The van der Waals surface area contributed by atoms with Crippen LogP contribution in [0.5, 0.6) is 0 Å². The molecule has 0 spiro atoms. The second-order valence-electron chi connectivity index (χ2n) is 9.16. The normalized spacial score (nSPS) is 23.2. The lowest BCUT2D eigenvalue weighted by Crippen LogP contribution is -2.39. The van der Waals surface area contributed by atoms with E-state index >= 15 is 0 Å². The molecule has 0 N–H and O–H groups in total. The Morgan fingerprint density at radius 1 is 1.06 bits per heavy atom. The van der Waals surface area contributed by atoms with Crippen molar-refractivity contribution in [2.45, 2.75) is 25.3 Å². The van der Waals surface area contributed by atoms with Crippen molar-refractivity contribution < 1.29 is 9.47 Å². The number of thiophene rings is 1. The third kappa shape index (κ3) is 6.69. The van der Waals surface area contributed by atoms with E-state index in [0.717, 1.165) is 36.8 Å². The predicted octanol–water partition coefficient (Wildman–Crippen LogP) is 5.65. The van der Waals surface area contributed by atoms with Gasteiger partial charge in [0, 0.05) is 55.9 Å². The Hall–Kier alpha value is -0.660. The number of hydrogen-bond acceptors (Lipinski definition) is 5. The van der Waals surface area contributed by atoms with Gasteiger partial charge in [-0.3, -0.25) is 4.90 Å². The van der Waals surface area contributed by atoms with Gasteiger partial charge < -0.3 is 14.4 Å². The van der Waals surface area contributed by atoms with Gasteiger partial charge >= 0.3 is 0 Å². The van der Waals surface area contributed by atoms with E-state index in [0.29, 0.717) is 36.0 Å². The monoisotopic (exact) mass is 496 g/mol. The maximum absolute atomic E-state index is 6.47. The molecule has 1 aromatic carbocycles. The van der Waals surface area contributed by atoms with Crippen molar-refractivity contribution in [1.29, 1.82) is 0 Å². The molecular weight excluding hydrogens is 463 g/mol. The average Bonchev–Trinajstić information content (AvgIpc) is 3.44. The number of benzene rings is 1. The molecule has 4 nitrogen and oxygen atoms in total. The molecule has 0 aliphatic carbocycles. The lowest BCUT2D eigenvalue weighted by Gasteiger charge is -2.34. The molecule has 2 saturated heterocycles. The summed E-state index contributed by atoms with van der Waals surface area (Å²) in [6.07, 6.45) is 2.46. The molecule has 176 valence electrons. The summed E-state index contributed by atoms with van der Waals surface area (Å²) in [7, 11) is 1.72. The van der Waals surface area contributed by atoms with Gasteiger partial charge in [0.1, 0.15) is 0 Å². The Morgan fingerprint density at radius 3 is 2.62 bits per heavy atom. The van der Waals surface area contributed by atoms with Crippen LogP contribution in [0.1, 0.15) is 29.9 Å². The van der Waals surface area contributed by atoms with E-state index in [2.05, 4.69) is 32.7 Å². The molecule has 32 heavy (non-hydrogen) atoms. The third-order valence-electron chi connectivity index (χ3n) is 6.88. The number of nitrogens with zero attached hydrogens (tertiary/aromatic N) is 2. The fourth-order valence-corrected chi connectivity index (χ4v) is 6.28. The smallest absolute Gasteiger partial charge is 0.0700 e. The zero-order valence-electron chi connectivity index (χ0n) is 18.8. The van der Waals surface area contributed by atoms with Gasteiger partial charge in [-0.05, 0) is 77.9 Å². The topological polar surface area (TPSA) is 24.9 Å². The Morgan fingerprint density at radius 2 is 1.91 bits per heavy atom. The van der Waals surface area contributed by atoms with Crippen molar-refractivity contribution in [3.63, 3.8) is 0 Å². The van der Waals surface area contributed by atoms with Gasteiger partial charge in [-0.15, -0.1) is 0 Å². The number of likely N-dealkylation sites (tertiary alicyclic amines) is 2. The van der Waals surface area contributed by atoms with Crippen LogP contribution in [0.4, 0.5) is 0 Å². The van der Waals surface area contributed by atoms with Crippen molar-refractivity contribution in [3.8, 4) is 0 Å². The largest absolute Gasteiger partial charge is 0.382 e. The summed E-state index contributed by atoms with van der Waals surface area (Å²) in [5.41, 5.74) is 2.65. The van der Waals surface area contributed by atoms with Crippen LogP contribution in [0.2, 0.25) is 10.0 Å². The molecule has 2 aliphatic heterocycles. The quantitative estimate of drug-likeness (QED) is 0.397. The first kappa shape index (κ1) is 24.5. The number of piperidine rings is 1. The molecule has 0 radical (unpaired) electrons. The minimum atomic E-state index is 0.586. The number of halogens is 2. The number of methoxy groups -OCH3 is 1. The molecule has 0 amide bonds. The summed E-state index contributed by atoms with van der Waals surface area (Å²) in [6, 6.07) is 8.17. The van der Waals surface area contributed by atoms with Crippen LogP contribution in [0, 0.1) is 11.8 Å². The van der Waals surface area contributed by atoms with Crippen LogP contribution in [0.25, 0.3) is 0 Å². The molecule has 2 fully saturated rings. The predicted molar refractivity (Wildman–Crippen MR) is 134 cm³/mol. The SMILES string of the molecule is COCCOCC1CCN(C[C@H]2CN(Cc3ccc(Cl)cc3Cl)C[C@@H]2c2ccsc2)CC1. The van der Waals surface area contributed by atoms with Gasteiger partial charge in [-0.2, -0.15) is 11.3 Å². The van der Waals surface area contributed by atoms with E-state index in [1.165, 1.54) is 38.0 Å². The second-order valence-corrected chi connectivity index (χ2v) is 10.8. The summed E-state index contributed by atoms with van der Waals surface area (Å²) >= 11 is 14.4. The molecule has 7 heteroatoms. The Labute approximate surface area is 206 Å². The number of rotatable bonds is 10. The Balaban J connectivity index is 1.32. The summed E-state index contributed by atoms with van der Waals surface area (Å²) in [6.45, 7) is 8.85. The first-order valence-electron chi connectivity index (χ1n) is 11.6. The van der Waals surface area contributed by atoms with Crippen LogP contribution < -0.4 is 0 Å². The van der Waals surface area contributed by atoms with Crippen LogP contribution in [0.3, 0.4) is 0 Å². The first-order chi connectivity index (χ1) is 15.6. The van der Waals surface area contributed by atoms with E-state index in [4.69, 9.17) is 32.7 Å². The summed E-state index contributed by atoms with van der Waals surface area (Å²) in [5.74, 6) is 1.91. The zero-order chi connectivity index (χ0) is 22.3. The van der Waals surface area contributed by atoms with Crippen molar-refractivity contribution in [1.82, 2.24) is 9.80 Å². The summed E-state index contributed by atoms with van der Waals surface area (Å²) < 4.78 is 10.8. The van der Waals surface area contributed by atoms with Crippen LogP contribution in [0.15, 0.2) is 35.0 Å². The molecule has 2 aliphatic rings. The summed E-state index contributed by atoms with van der Waals surface area (Å²) in [4.78, 5) is 5.24. The lowest BCUT2D eigenvalue weighted by molar-refractivity contribution is 0.0330. The van der Waals surface area contributed by atoms with Crippen molar-refractivity contribution in [2.24, 2.45) is 11.8 Å². The Kier molecular flexibility index (Phi) is 9.30. The van der Waals surface area contributed by atoms with Gasteiger partial charge in [0.15, 0.2) is 0 Å². The molecule has 0 saturated carbocycles. The third-order valence-corrected chi connectivity index (χ3v) is 8.17. The first-order valence-corrected chi connectivity index (χ1v) is 13.3. The van der Waals surface area contributed by atoms with Gasteiger partial charge in [-0.25, -0.2) is 0 Å². The highest BCUT2D eigenvalue weighted by Gasteiger charge is 2.35. The second kappa shape index (κ2) is 12.2. The van der Waals surface area contributed by atoms with Gasteiger partial charge in [0.2, 0.25) is 0 Å². The van der Waals surface area contributed by atoms with Crippen molar-refractivity contribution in [2.75, 3.05) is 59.7 Å². The van der Waals surface area contributed by atoms with E-state index in [1.807, 2.05) is 12.1 Å². The average molecular weight is 498 g/mol. The van der Waals surface area contributed by atoms with Crippen LogP contribution in [-0.4, -0.2) is 69.5 Å². The highest BCUT2D eigenvalue weighted by molar-refractivity contribution is 7.08. The van der Waals surface area contributed by atoms with E-state index in [1.54, 1.807) is 18.4 Å². The molecule has 0 bridgehead atoms. The highest BCUT2D eigenvalue weighted by atomic mass is 35.5. The van der Waals surface area contributed by atoms with Crippen LogP contribution >= 0.6 is 34.5 Å². The fourth-order valence-electron chi connectivity index (χ4n) is 5.09. The molecule has 2 aromatic rings. The van der Waals surface area contributed by atoms with Crippen molar-refractivity contribution in [3.05, 3.63) is 56.2 Å². The van der Waals surface area contributed by atoms with Crippen molar-refractivity contribution >= 4 is 34.5 Å². The molecule has 0 unspecified atom stereocenters. The number of ether oxygens (including phenoxy) is 2. The molecule has 3 heterocycles. The molecule has 1 aromatic heterocycles. The fraction of sp³-hybridized carbons (Fsp3) is 0.600. The Bertz CT molecular complexity index is 827. The van der Waals surface area contributed by atoms with E-state index in [9.17, 15) is 0 Å². The van der Waals surface area contributed by atoms with E-state index in [-0.39, 0.29) is 0 Å². The molecule has 2 atom stereocenters. The minimum absolute atomic E-state index is 0.586. The summed E-state index contributed by atoms with van der Waals surface area (Å²) in [5, 5.41) is 6.00. The standard InChI is InChI=1S/C25H34Cl2N2O2S/c1-30-9-10-31-17-19-4-7-28(8-5-19)14-22-15-29(16-24(22)21-6-11-32-18-21)13-20-2-3-23(26)12-25(20)27/h2-3,6,11-12,18-19,22,24H,4-5,7-10,13-17H2,1H3/t22-,24+/m0/s1. The van der Waals surface area contributed by atoms with Gasteiger partial charge in [-0.1, -0.05) is 29.3 Å². The number of hydrogen-bond donors (Lipinski definition) is 0. The van der Waals surface area contributed by atoms with Gasteiger partial charge in [0.05, 0.1) is 13.2 Å². The van der Waals surface area contributed by atoms with E-state index < -0.39 is 0 Å². The molecular formula is C25H34Cl2N2O2S. The zero-order valence-corrected chi connectivity index (χ0v) is 21.2. The lowest BCUT2D eigenvalue weighted by atomic mass is 9.89. The van der Waals surface area contributed by atoms with Gasteiger partial charge in [0.25, 0.3) is 0 Å².